The van der Waals surface area contributed by atoms with Crippen LogP contribution in [0.15, 0.2) is 35.0 Å². The van der Waals surface area contributed by atoms with Gasteiger partial charge in [-0.1, -0.05) is 22.3 Å². The Hall–Kier alpha value is -3.95. The molecule has 1 N–H and O–H groups in total. The lowest BCUT2D eigenvalue weighted by Crippen LogP contribution is -2.28. The van der Waals surface area contributed by atoms with E-state index in [9.17, 15) is 9.59 Å². The summed E-state index contributed by atoms with van der Waals surface area (Å²) in [5.74, 6) is 0.00389. The van der Waals surface area contributed by atoms with Gasteiger partial charge < -0.3 is 24.1 Å². The summed E-state index contributed by atoms with van der Waals surface area (Å²) in [7, 11) is 1.38. The van der Waals surface area contributed by atoms with Crippen LogP contribution in [0.4, 0.5) is 4.79 Å². The number of aryl methyl sites for hydroxylation is 2. The van der Waals surface area contributed by atoms with Gasteiger partial charge in [0.05, 0.1) is 13.7 Å². The highest BCUT2D eigenvalue weighted by Crippen LogP contribution is 2.30. The molecule has 168 valence electrons. The fourth-order valence-corrected chi connectivity index (χ4v) is 3.04. The molecule has 0 fully saturated rings. The molecule has 0 bridgehead atoms. The fraction of sp³-hybridized carbons (Fsp3) is 0.318. The van der Waals surface area contributed by atoms with Gasteiger partial charge in [-0.05, 0) is 39.8 Å². The van der Waals surface area contributed by atoms with Crippen molar-refractivity contribution in [2.45, 2.75) is 33.7 Å². The molecule has 0 aliphatic carbocycles. The van der Waals surface area contributed by atoms with Crippen molar-refractivity contribution in [3.05, 3.63) is 53.2 Å². The molecule has 1 atom stereocenters. The molecule has 3 aromatic rings. The summed E-state index contributed by atoms with van der Waals surface area (Å²) in [5.41, 5.74) is 2.81. The number of methoxy groups -OCH3 is 1. The number of nitrogens with one attached hydrogen (secondary N) is 1. The molecule has 10 heteroatoms. The van der Waals surface area contributed by atoms with Crippen LogP contribution in [0, 0.1) is 13.8 Å². The number of nitrogens with zero attached hydrogens (tertiary/aromatic N) is 3. The summed E-state index contributed by atoms with van der Waals surface area (Å²) < 4.78 is 20.4. The van der Waals surface area contributed by atoms with E-state index in [1.807, 2.05) is 32.0 Å². The van der Waals surface area contributed by atoms with E-state index in [1.165, 1.54) is 19.4 Å². The van der Waals surface area contributed by atoms with Gasteiger partial charge in [0, 0.05) is 17.8 Å². The van der Waals surface area contributed by atoms with E-state index in [0.717, 1.165) is 16.7 Å². The third-order valence-electron chi connectivity index (χ3n) is 4.39. The second-order valence-corrected chi connectivity index (χ2v) is 7.00. The largest absolute Gasteiger partial charge is 0.514 e. The topological polar surface area (TPSA) is 126 Å². The lowest BCUT2D eigenvalue weighted by atomic mass is 10.1. The number of ether oxygens (including phenoxy) is 3. The lowest BCUT2D eigenvalue weighted by molar-refractivity contribution is 0.0910. The van der Waals surface area contributed by atoms with E-state index in [4.69, 9.17) is 18.7 Å². The summed E-state index contributed by atoms with van der Waals surface area (Å²) in [5, 5.41) is 6.73. The van der Waals surface area contributed by atoms with Gasteiger partial charge in [0.15, 0.2) is 11.4 Å². The third-order valence-corrected chi connectivity index (χ3v) is 4.39. The van der Waals surface area contributed by atoms with Gasteiger partial charge in [-0.25, -0.2) is 9.78 Å². The first-order chi connectivity index (χ1) is 15.3. The molecule has 0 saturated heterocycles. The quantitative estimate of drug-likeness (QED) is 0.546. The van der Waals surface area contributed by atoms with Crippen molar-refractivity contribution in [3.8, 4) is 22.9 Å². The number of hydrogen-bond acceptors (Lipinski definition) is 9. The number of pyridine rings is 1. The molecule has 2 aromatic heterocycles. The maximum absolute atomic E-state index is 12.9. The summed E-state index contributed by atoms with van der Waals surface area (Å²) in [6.07, 6.45) is 0.386. The van der Waals surface area contributed by atoms with E-state index in [2.05, 4.69) is 20.4 Å². The molecule has 1 aromatic carbocycles. The van der Waals surface area contributed by atoms with Crippen LogP contribution in [0.3, 0.4) is 0 Å². The second kappa shape index (κ2) is 9.90. The number of hydrogen-bond donors (Lipinski definition) is 1. The van der Waals surface area contributed by atoms with Crippen molar-refractivity contribution in [2.24, 2.45) is 0 Å². The van der Waals surface area contributed by atoms with Gasteiger partial charge in [0.2, 0.25) is 17.5 Å². The standard InChI is InChI=1S/C22H24N4O6/c1-6-30-22(28)31-18-16(29-5)7-8-23-17(18)20(27)24-14(4)21-25-19(26-32-21)15-10-12(2)9-13(3)11-15/h7-11,14H,6H2,1-5H3,(H,24,27)/t14-/m0/s1. The number of amides is 1. The predicted octanol–water partition coefficient (Wildman–Crippen LogP) is 3.78. The molecule has 0 aliphatic rings. The first-order valence-electron chi connectivity index (χ1n) is 9.93. The highest BCUT2D eigenvalue weighted by atomic mass is 16.7. The van der Waals surface area contributed by atoms with Crippen LogP contribution in [0.1, 0.15) is 47.4 Å². The Bertz CT molecular complexity index is 1110. The van der Waals surface area contributed by atoms with Crippen LogP contribution in [-0.4, -0.2) is 40.9 Å². The molecule has 2 heterocycles. The maximum Gasteiger partial charge on any atom is 0.514 e. The molecule has 3 rings (SSSR count). The summed E-state index contributed by atoms with van der Waals surface area (Å²) >= 11 is 0. The van der Waals surface area contributed by atoms with Crippen LogP contribution in [-0.2, 0) is 4.74 Å². The molecule has 0 aliphatic heterocycles. The zero-order chi connectivity index (χ0) is 23.3. The minimum absolute atomic E-state index is 0.111. The molecular formula is C22H24N4O6. The molecule has 0 radical (unpaired) electrons. The average molecular weight is 440 g/mol. The number of carbonyl (C=O) groups is 2. The summed E-state index contributed by atoms with van der Waals surface area (Å²) in [6, 6.07) is 6.76. The first-order valence-corrected chi connectivity index (χ1v) is 9.93. The van der Waals surface area contributed by atoms with E-state index < -0.39 is 18.1 Å². The normalized spacial score (nSPS) is 11.5. The molecule has 0 saturated carbocycles. The second-order valence-electron chi connectivity index (χ2n) is 7.00. The zero-order valence-electron chi connectivity index (χ0n) is 18.5. The highest BCUT2D eigenvalue weighted by Gasteiger charge is 2.25. The number of aromatic nitrogens is 3. The van der Waals surface area contributed by atoms with E-state index >= 15 is 0 Å². The highest BCUT2D eigenvalue weighted by molar-refractivity contribution is 5.96. The maximum atomic E-state index is 12.9. The molecular weight excluding hydrogens is 416 g/mol. The molecule has 0 spiro atoms. The van der Waals surface area contributed by atoms with Crippen molar-refractivity contribution < 1.29 is 28.3 Å². The first kappa shape index (κ1) is 22.7. The Morgan fingerprint density at radius 1 is 1.19 bits per heavy atom. The summed E-state index contributed by atoms with van der Waals surface area (Å²) in [4.78, 5) is 33.1. The van der Waals surface area contributed by atoms with Crippen LogP contribution >= 0.6 is 0 Å². The molecule has 0 unspecified atom stereocenters. The van der Waals surface area contributed by atoms with E-state index in [-0.39, 0.29) is 29.7 Å². The summed E-state index contributed by atoms with van der Waals surface area (Å²) in [6.45, 7) is 7.39. The smallest absolute Gasteiger partial charge is 0.493 e. The fourth-order valence-electron chi connectivity index (χ4n) is 3.04. The lowest BCUT2D eigenvalue weighted by Gasteiger charge is -2.14. The van der Waals surface area contributed by atoms with Gasteiger partial charge in [0.1, 0.15) is 6.04 Å². The monoisotopic (exact) mass is 440 g/mol. The Morgan fingerprint density at radius 3 is 2.56 bits per heavy atom. The van der Waals surface area contributed by atoms with Gasteiger partial charge in [-0.15, -0.1) is 0 Å². The molecule has 32 heavy (non-hydrogen) atoms. The van der Waals surface area contributed by atoms with Crippen LogP contribution in [0.5, 0.6) is 11.5 Å². The van der Waals surface area contributed by atoms with E-state index in [1.54, 1.807) is 13.8 Å². The Kier molecular flexibility index (Phi) is 7.04. The SMILES string of the molecule is CCOC(=O)Oc1c(OC)ccnc1C(=O)N[C@@H](C)c1nc(-c2cc(C)cc(C)c2)no1. The van der Waals surface area contributed by atoms with Crippen LogP contribution in [0.2, 0.25) is 0 Å². The van der Waals surface area contributed by atoms with Gasteiger partial charge in [-0.2, -0.15) is 4.98 Å². The van der Waals surface area contributed by atoms with Crippen LogP contribution < -0.4 is 14.8 Å². The van der Waals surface area contributed by atoms with Gasteiger partial charge in [0.25, 0.3) is 5.91 Å². The van der Waals surface area contributed by atoms with Crippen molar-refractivity contribution in [2.75, 3.05) is 13.7 Å². The van der Waals surface area contributed by atoms with Crippen LogP contribution in [0.25, 0.3) is 11.4 Å². The Balaban J connectivity index is 1.80. The average Bonchev–Trinajstić information content (AvgIpc) is 3.24. The third kappa shape index (κ3) is 5.20. The van der Waals surface area contributed by atoms with Crippen molar-refractivity contribution in [3.63, 3.8) is 0 Å². The van der Waals surface area contributed by atoms with E-state index in [0.29, 0.717) is 5.82 Å². The number of carbonyl (C=O) groups excluding carboxylic acids is 2. The predicted molar refractivity (Wildman–Crippen MR) is 114 cm³/mol. The van der Waals surface area contributed by atoms with Crippen molar-refractivity contribution in [1.82, 2.24) is 20.4 Å². The number of benzene rings is 1. The minimum atomic E-state index is -0.976. The Morgan fingerprint density at radius 2 is 1.91 bits per heavy atom. The Labute approximate surface area is 184 Å². The van der Waals surface area contributed by atoms with Crippen molar-refractivity contribution in [1.29, 1.82) is 0 Å². The van der Waals surface area contributed by atoms with Gasteiger partial charge >= 0.3 is 6.16 Å². The van der Waals surface area contributed by atoms with Crippen molar-refractivity contribution >= 4 is 12.1 Å². The number of rotatable bonds is 7. The molecule has 10 nitrogen and oxygen atoms in total. The van der Waals surface area contributed by atoms with Gasteiger partial charge in [-0.3, -0.25) is 4.79 Å². The zero-order valence-corrected chi connectivity index (χ0v) is 18.5. The minimum Gasteiger partial charge on any atom is -0.493 e. The molecule has 1 amide bonds.